The molecule has 1 unspecified atom stereocenters. The van der Waals surface area contributed by atoms with Crippen molar-refractivity contribution >= 4 is 23.9 Å². The Morgan fingerprint density at radius 1 is 0.939 bits per heavy atom. The minimum absolute atomic E-state index is 0.0142. The molecule has 2 aliphatic heterocycles. The van der Waals surface area contributed by atoms with Gasteiger partial charge in [-0.1, -0.05) is 72.8 Å². The maximum Gasteiger partial charge on any atom is 0.324 e. The molecule has 7 nitrogen and oxygen atoms in total. The fourth-order valence-corrected chi connectivity index (χ4v) is 4.20. The summed E-state index contributed by atoms with van der Waals surface area (Å²) in [6.45, 7) is 3.99. The smallest absolute Gasteiger partial charge is 0.324 e. The Bertz CT molecular complexity index is 985. The molecule has 0 aliphatic carbocycles. The summed E-state index contributed by atoms with van der Waals surface area (Å²) >= 11 is 0. The lowest BCUT2D eigenvalue weighted by atomic mass is 10.1. The molecule has 4 rings (SSSR count). The van der Waals surface area contributed by atoms with Crippen LogP contribution < -0.4 is 5.32 Å². The van der Waals surface area contributed by atoms with E-state index in [0.29, 0.717) is 26.1 Å². The van der Waals surface area contributed by atoms with Crippen molar-refractivity contribution in [1.29, 1.82) is 0 Å². The van der Waals surface area contributed by atoms with E-state index in [9.17, 15) is 14.4 Å². The molecule has 0 spiro atoms. The molecule has 2 fully saturated rings. The number of benzene rings is 2. The zero-order valence-corrected chi connectivity index (χ0v) is 18.7. The van der Waals surface area contributed by atoms with Crippen LogP contribution in [0.4, 0.5) is 4.79 Å². The minimum Gasteiger partial charge on any atom is -0.340 e. The number of hydrogen-bond acceptors (Lipinski definition) is 4. The Morgan fingerprint density at radius 2 is 1.61 bits per heavy atom. The van der Waals surface area contributed by atoms with Gasteiger partial charge in [0.15, 0.2) is 0 Å². The maximum atomic E-state index is 12.8. The van der Waals surface area contributed by atoms with E-state index in [1.54, 1.807) is 4.90 Å². The minimum atomic E-state index is -0.771. The predicted molar refractivity (Wildman–Crippen MR) is 127 cm³/mol. The van der Waals surface area contributed by atoms with Gasteiger partial charge in [0.2, 0.25) is 5.91 Å². The van der Waals surface area contributed by atoms with Crippen LogP contribution in [0.1, 0.15) is 17.5 Å². The van der Waals surface area contributed by atoms with Crippen molar-refractivity contribution in [2.75, 3.05) is 39.3 Å². The molecule has 172 valence electrons. The summed E-state index contributed by atoms with van der Waals surface area (Å²) in [6.07, 6.45) is 4.86. The summed E-state index contributed by atoms with van der Waals surface area (Å²) in [7, 11) is 0. The topological polar surface area (TPSA) is 73.0 Å². The highest BCUT2D eigenvalue weighted by Crippen LogP contribution is 2.14. The van der Waals surface area contributed by atoms with Crippen molar-refractivity contribution in [2.45, 2.75) is 18.9 Å². The van der Waals surface area contributed by atoms with Gasteiger partial charge in [-0.3, -0.25) is 19.4 Å². The molecule has 33 heavy (non-hydrogen) atoms. The van der Waals surface area contributed by atoms with Gasteiger partial charge in [0.1, 0.15) is 6.04 Å². The first kappa shape index (κ1) is 22.7. The number of carbonyl (C=O) groups is 3. The van der Waals surface area contributed by atoms with Gasteiger partial charge in [-0.25, -0.2) is 4.79 Å². The van der Waals surface area contributed by atoms with Crippen molar-refractivity contribution in [3.63, 3.8) is 0 Å². The number of hydrogen-bond donors (Lipinski definition) is 1. The fraction of sp³-hybridized carbons (Fsp3) is 0.346. The average Bonchev–Trinajstić information content (AvgIpc) is 3.11. The van der Waals surface area contributed by atoms with Crippen LogP contribution in [0.15, 0.2) is 66.7 Å². The van der Waals surface area contributed by atoms with Gasteiger partial charge in [-0.15, -0.1) is 0 Å². The zero-order valence-electron chi connectivity index (χ0n) is 18.7. The van der Waals surface area contributed by atoms with Crippen LogP contribution >= 0.6 is 0 Å². The van der Waals surface area contributed by atoms with Gasteiger partial charge < -0.3 is 10.2 Å². The van der Waals surface area contributed by atoms with E-state index >= 15 is 0 Å². The third-order valence-electron chi connectivity index (χ3n) is 6.15. The SMILES string of the molecule is O=C(CC1NC(=O)N(CCc2ccccc2)C1=O)N1CCN(C/C=C/c2ccccc2)CC1. The van der Waals surface area contributed by atoms with E-state index in [1.165, 1.54) is 10.5 Å². The number of carbonyl (C=O) groups excluding carboxylic acids is 3. The molecular formula is C26H30N4O3. The maximum absolute atomic E-state index is 12.8. The van der Waals surface area contributed by atoms with Crippen molar-refractivity contribution in [1.82, 2.24) is 20.0 Å². The Labute approximate surface area is 194 Å². The number of rotatable bonds is 8. The van der Waals surface area contributed by atoms with Crippen LogP contribution in [0, 0.1) is 0 Å². The summed E-state index contributed by atoms with van der Waals surface area (Å²) in [4.78, 5) is 43.1. The molecule has 1 atom stereocenters. The molecule has 2 aromatic rings. The molecule has 2 aromatic carbocycles. The van der Waals surface area contributed by atoms with Gasteiger partial charge >= 0.3 is 6.03 Å². The summed E-state index contributed by atoms with van der Waals surface area (Å²) in [5.74, 6) is -0.396. The quantitative estimate of drug-likeness (QED) is 0.632. The Morgan fingerprint density at radius 3 is 2.30 bits per heavy atom. The summed E-state index contributed by atoms with van der Waals surface area (Å²) in [6, 6.07) is 18.7. The van der Waals surface area contributed by atoms with E-state index in [1.807, 2.05) is 48.5 Å². The number of urea groups is 1. The second-order valence-electron chi connectivity index (χ2n) is 8.43. The monoisotopic (exact) mass is 446 g/mol. The highest BCUT2D eigenvalue weighted by molar-refractivity contribution is 6.05. The van der Waals surface area contributed by atoms with Crippen LogP contribution in [0.5, 0.6) is 0 Å². The van der Waals surface area contributed by atoms with Crippen LogP contribution in [-0.4, -0.2) is 77.9 Å². The second-order valence-corrected chi connectivity index (χ2v) is 8.43. The molecule has 0 bridgehead atoms. The first-order chi connectivity index (χ1) is 16.1. The molecule has 7 heteroatoms. The van der Waals surface area contributed by atoms with E-state index in [-0.39, 0.29) is 18.2 Å². The van der Waals surface area contributed by atoms with Crippen LogP contribution in [-0.2, 0) is 16.0 Å². The van der Waals surface area contributed by atoms with Crippen molar-refractivity contribution in [3.05, 3.63) is 77.9 Å². The lowest BCUT2D eigenvalue weighted by Gasteiger charge is -2.34. The van der Waals surface area contributed by atoms with E-state index in [4.69, 9.17) is 0 Å². The second kappa shape index (κ2) is 10.9. The third kappa shape index (κ3) is 6.08. The first-order valence-corrected chi connectivity index (χ1v) is 11.5. The zero-order chi connectivity index (χ0) is 23.0. The molecular weight excluding hydrogens is 416 g/mol. The van der Waals surface area contributed by atoms with Crippen LogP contribution in [0.2, 0.25) is 0 Å². The van der Waals surface area contributed by atoms with Gasteiger partial charge in [0, 0.05) is 39.3 Å². The van der Waals surface area contributed by atoms with Gasteiger partial charge in [-0.05, 0) is 17.5 Å². The molecule has 0 aromatic heterocycles. The molecule has 1 N–H and O–H groups in total. The van der Waals surface area contributed by atoms with E-state index in [2.05, 4.69) is 34.5 Å². The predicted octanol–water partition coefficient (Wildman–Crippen LogP) is 2.40. The number of amides is 4. The third-order valence-corrected chi connectivity index (χ3v) is 6.15. The highest BCUT2D eigenvalue weighted by Gasteiger charge is 2.39. The normalized spacial score (nSPS) is 19.3. The van der Waals surface area contributed by atoms with E-state index in [0.717, 1.165) is 25.2 Å². The van der Waals surface area contributed by atoms with Crippen molar-refractivity contribution in [2.24, 2.45) is 0 Å². The Kier molecular flexibility index (Phi) is 7.52. The first-order valence-electron chi connectivity index (χ1n) is 11.5. The average molecular weight is 447 g/mol. The van der Waals surface area contributed by atoms with Gasteiger partial charge in [-0.2, -0.15) is 0 Å². The highest BCUT2D eigenvalue weighted by atomic mass is 16.2. The molecule has 4 amide bonds. The fourth-order valence-electron chi connectivity index (χ4n) is 4.20. The van der Waals surface area contributed by atoms with Gasteiger partial charge in [0.25, 0.3) is 5.91 Å². The van der Waals surface area contributed by atoms with Crippen molar-refractivity contribution in [3.8, 4) is 0 Å². The Hall–Kier alpha value is -3.45. The van der Waals surface area contributed by atoms with Crippen LogP contribution in [0.25, 0.3) is 6.08 Å². The standard InChI is InChI=1S/C26H30N4O3/c31-24(29-18-16-28(17-19-29)14-7-12-21-8-3-1-4-9-21)20-23-25(32)30(26(33)27-23)15-13-22-10-5-2-6-11-22/h1-12,23H,13-20H2,(H,27,33)/b12-7+. The van der Waals surface area contributed by atoms with Crippen molar-refractivity contribution < 1.29 is 14.4 Å². The summed E-state index contributed by atoms with van der Waals surface area (Å²) in [5, 5.41) is 2.68. The lowest BCUT2D eigenvalue weighted by molar-refractivity contribution is -0.136. The van der Waals surface area contributed by atoms with E-state index < -0.39 is 12.1 Å². The molecule has 0 saturated carbocycles. The largest absolute Gasteiger partial charge is 0.340 e. The van der Waals surface area contributed by atoms with Gasteiger partial charge in [0.05, 0.1) is 6.42 Å². The molecule has 2 heterocycles. The number of nitrogens with one attached hydrogen (secondary N) is 1. The molecule has 2 aliphatic rings. The molecule has 0 radical (unpaired) electrons. The lowest BCUT2D eigenvalue weighted by Crippen LogP contribution is -2.50. The number of nitrogens with zero attached hydrogens (tertiary/aromatic N) is 3. The Balaban J connectivity index is 1.20. The molecule has 2 saturated heterocycles. The van der Waals surface area contributed by atoms with Crippen LogP contribution in [0.3, 0.4) is 0 Å². The summed E-state index contributed by atoms with van der Waals surface area (Å²) < 4.78 is 0. The number of imide groups is 1. The number of piperazine rings is 1. The summed E-state index contributed by atoms with van der Waals surface area (Å²) in [5.41, 5.74) is 2.24.